The van der Waals surface area contributed by atoms with Crippen molar-refractivity contribution in [2.24, 2.45) is 5.16 Å². The Morgan fingerprint density at radius 1 is 1.06 bits per heavy atom. The van der Waals surface area contributed by atoms with Crippen LogP contribution in [0, 0.1) is 11.6 Å². The molecule has 7 heteroatoms. The molecule has 0 N–H and O–H groups in total. The number of hydrogen-bond donors (Lipinski definition) is 0. The molecule has 0 saturated heterocycles. The van der Waals surface area contributed by atoms with E-state index in [1.54, 1.807) is 47.4 Å². The molecule has 0 fully saturated rings. The number of carbonyl (C=O) groups is 1. The minimum Gasteiger partial charge on any atom is -0.390 e. The van der Waals surface area contributed by atoms with Crippen LogP contribution in [0.3, 0.4) is 0 Å². The van der Waals surface area contributed by atoms with Gasteiger partial charge in [-0.25, -0.2) is 8.78 Å². The third-order valence-corrected chi connectivity index (χ3v) is 5.20. The second kappa shape index (κ2) is 9.27. The van der Waals surface area contributed by atoms with Gasteiger partial charge in [0, 0.05) is 29.1 Å². The van der Waals surface area contributed by atoms with Crippen LogP contribution in [0.15, 0.2) is 78.0 Å². The van der Waals surface area contributed by atoms with Gasteiger partial charge in [-0.3, -0.25) is 4.79 Å². The van der Waals surface area contributed by atoms with Crippen LogP contribution in [0.2, 0.25) is 5.02 Å². The molecule has 0 saturated carbocycles. The molecule has 31 heavy (non-hydrogen) atoms. The molecule has 4 rings (SSSR count). The number of oxime groups is 1. The Bertz CT molecular complexity index is 1140. The predicted molar refractivity (Wildman–Crippen MR) is 115 cm³/mol. The Hall–Kier alpha value is -3.25. The van der Waals surface area contributed by atoms with Gasteiger partial charge in [0.2, 0.25) is 0 Å². The lowest BCUT2D eigenvalue weighted by Crippen LogP contribution is -2.37. The van der Waals surface area contributed by atoms with E-state index < -0.39 is 11.9 Å². The molecule has 1 atom stereocenters. The normalized spacial score (nSPS) is 15.3. The van der Waals surface area contributed by atoms with Gasteiger partial charge in [0.25, 0.3) is 5.91 Å². The van der Waals surface area contributed by atoms with Gasteiger partial charge in [0.1, 0.15) is 11.6 Å². The largest absolute Gasteiger partial charge is 0.390 e. The van der Waals surface area contributed by atoms with E-state index in [4.69, 9.17) is 16.4 Å². The summed E-state index contributed by atoms with van der Waals surface area (Å²) in [6, 6.07) is 19.1. The average Bonchev–Trinajstić information content (AvgIpc) is 3.21. The summed E-state index contributed by atoms with van der Waals surface area (Å²) in [6.45, 7) is 0.452. The van der Waals surface area contributed by atoms with Crippen LogP contribution in [-0.2, 0) is 11.4 Å². The van der Waals surface area contributed by atoms with Crippen LogP contribution in [0.1, 0.15) is 27.9 Å². The molecule has 158 valence electrons. The molecular formula is C24H19ClF2N2O2. The molecule has 0 radical (unpaired) electrons. The number of hydrogen-bond acceptors (Lipinski definition) is 3. The fourth-order valence-corrected chi connectivity index (χ4v) is 3.72. The Labute approximate surface area is 183 Å². The van der Waals surface area contributed by atoms with Crippen molar-refractivity contribution in [1.29, 1.82) is 0 Å². The SMILES string of the molecule is O=C(c1cccc(F)c1)N(Cc1cccc(Cl)c1)C[C@@H]1CC(c2ccccc2F)=NO1. The number of halogens is 3. The first-order valence-corrected chi connectivity index (χ1v) is 10.1. The first-order chi connectivity index (χ1) is 15.0. The molecule has 1 aliphatic heterocycles. The van der Waals surface area contributed by atoms with E-state index in [1.165, 1.54) is 24.3 Å². The molecular weight excluding hydrogens is 422 g/mol. The Morgan fingerprint density at radius 3 is 2.65 bits per heavy atom. The lowest BCUT2D eigenvalue weighted by Gasteiger charge is -2.25. The molecule has 1 aliphatic rings. The zero-order chi connectivity index (χ0) is 21.8. The van der Waals surface area contributed by atoms with Crippen LogP contribution in [0.25, 0.3) is 0 Å². The van der Waals surface area contributed by atoms with Gasteiger partial charge >= 0.3 is 0 Å². The summed E-state index contributed by atoms with van der Waals surface area (Å²) in [6.07, 6.45) is -0.102. The monoisotopic (exact) mass is 440 g/mol. The van der Waals surface area contributed by atoms with Crippen LogP contribution in [-0.4, -0.2) is 29.2 Å². The molecule has 0 bridgehead atoms. The van der Waals surface area contributed by atoms with Crippen molar-refractivity contribution in [3.8, 4) is 0 Å². The summed E-state index contributed by atoms with van der Waals surface area (Å²) in [4.78, 5) is 20.2. The topological polar surface area (TPSA) is 41.9 Å². The van der Waals surface area contributed by atoms with Gasteiger partial charge in [-0.15, -0.1) is 0 Å². The van der Waals surface area contributed by atoms with E-state index in [-0.39, 0.29) is 30.4 Å². The fraction of sp³-hybridized carbons (Fsp3) is 0.167. The van der Waals surface area contributed by atoms with E-state index in [9.17, 15) is 13.6 Å². The van der Waals surface area contributed by atoms with Crippen molar-refractivity contribution in [2.75, 3.05) is 6.54 Å². The van der Waals surface area contributed by atoms with Crippen LogP contribution in [0.4, 0.5) is 8.78 Å². The number of carbonyl (C=O) groups excluding carboxylic acids is 1. The predicted octanol–water partition coefficient (Wildman–Crippen LogP) is 5.45. The lowest BCUT2D eigenvalue weighted by molar-refractivity contribution is 0.0405. The van der Waals surface area contributed by atoms with Crippen LogP contribution in [0.5, 0.6) is 0 Å². The van der Waals surface area contributed by atoms with Gasteiger partial charge in [0.15, 0.2) is 6.10 Å². The van der Waals surface area contributed by atoms with Crippen molar-refractivity contribution >= 4 is 23.2 Å². The summed E-state index contributed by atoms with van der Waals surface area (Å²) >= 11 is 6.09. The quantitative estimate of drug-likeness (QED) is 0.511. The molecule has 0 spiro atoms. The third kappa shape index (κ3) is 5.09. The zero-order valence-electron chi connectivity index (χ0n) is 16.5. The Morgan fingerprint density at radius 2 is 1.87 bits per heavy atom. The zero-order valence-corrected chi connectivity index (χ0v) is 17.2. The molecule has 1 amide bonds. The number of amides is 1. The molecule has 0 aromatic heterocycles. The van der Waals surface area contributed by atoms with E-state index in [0.29, 0.717) is 22.7 Å². The second-order valence-electron chi connectivity index (χ2n) is 7.28. The van der Waals surface area contributed by atoms with Crippen molar-refractivity contribution in [3.05, 3.63) is 106 Å². The van der Waals surface area contributed by atoms with Gasteiger partial charge in [-0.1, -0.05) is 53.2 Å². The van der Waals surface area contributed by atoms with Crippen molar-refractivity contribution in [3.63, 3.8) is 0 Å². The second-order valence-corrected chi connectivity index (χ2v) is 7.71. The lowest BCUT2D eigenvalue weighted by atomic mass is 10.0. The van der Waals surface area contributed by atoms with Crippen LogP contribution >= 0.6 is 11.6 Å². The summed E-state index contributed by atoms with van der Waals surface area (Å²) in [5, 5.41) is 4.58. The summed E-state index contributed by atoms with van der Waals surface area (Å²) in [7, 11) is 0. The fourth-order valence-electron chi connectivity index (χ4n) is 3.51. The highest BCUT2D eigenvalue weighted by Crippen LogP contribution is 2.22. The summed E-state index contributed by atoms with van der Waals surface area (Å²) in [5.74, 6) is -1.21. The van der Waals surface area contributed by atoms with Gasteiger partial charge < -0.3 is 9.74 Å². The maximum Gasteiger partial charge on any atom is 0.254 e. The highest BCUT2D eigenvalue weighted by atomic mass is 35.5. The van der Waals surface area contributed by atoms with Gasteiger partial charge in [-0.2, -0.15) is 0 Å². The minimum absolute atomic E-state index is 0.198. The molecule has 3 aromatic carbocycles. The summed E-state index contributed by atoms with van der Waals surface area (Å²) in [5.41, 5.74) is 1.92. The smallest absolute Gasteiger partial charge is 0.254 e. The Kier molecular flexibility index (Phi) is 6.28. The Balaban J connectivity index is 1.53. The average molecular weight is 441 g/mol. The third-order valence-electron chi connectivity index (χ3n) is 4.96. The van der Waals surface area contributed by atoms with E-state index >= 15 is 0 Å². The molecule has 1 heterocycles. The summed E-state index contributed by atoms with van der Waals surface area (Å²) < 4.78 is 27.8. The molecule has 0 unspecified atom stereocenters. The van der Waals surface area contributed by atoms with Gasteiger partial charge in [0.05, 0.1) is 12.3 Å². The molecule has 0 aliphatic carbocycles. The first kappa shape index (κ1) is 21.0. The van der Waals surface area contributed by atoms with E-state index in [2.05, 4.69) is 5.16 Å². The number of rotatable bonds is 6. The highest BCUT2D eigenvalue weighted by Gasteiger charge is 2.28. The standard InChI is InChI=1S/C24H19ClF2N2O2/c25-18-7-3-5-16(11-18)14-29(24(30)17-6-4-8-19(26)12-17)15-20-13-23(28-31-20)21-9-1-2-10-22(21)27/h1-12,20H,13-15H2/t20-/m0/s1. The number of nitrogens with zero attached hydrogens (tertiary/aromatic N) is 2. The van der Waals surface area contributed by atoms with E-state index in [0.717, 1.165) is 5.56 Å². The van der Waals surface area contributed by atoms with Gasteiger partial charge in [-0.05, 0) is 42.0 Å². The van der Waals surface area contributed by atoms with Crippen molar-refractivity contribution in [2.45, 2.75) is 19.1 Å². The molecule has 3 aromatic rings. The number of benzene rings is 3. The molecule has 4 nitrogen and oxygen atoms in total. The maximum atomic E-state index is 14.1. The van der Waals surface area contributed by atoms with Crippen molar-refractivity contribution < 1.29 is 18.4 Å². The first-order valence-electron chi connectivity index (χ1n) is 9.76. The minimum atomic E-state index is -0.490. The highest BCUT2D eigenvalue weighted by molar-refractivity contribution is 6.30. The maximum absolute atomic E-state index is 14.1. The van der Waals surface area contributed by atoms with Crippen molar-refractivity contribution in [1.82, 2.24) is 4.90 Å². The van der Waals surface area contributed by atoms with Crippen LogP contribution < -0.4 is 0 Å². The van der Waals surface area contributed by atoms with E-state index in [1.807, 2.05) is 6.07 Å².